The summed E-state index contributed by atoms with van der Waals surface area (Å²) < 4.78 is 5.06. The summed E-state index contributed by atoms with van der Waals surface area (Å²) in [7, 11) is 0. The average Bonchev–Trinajstić information content (AvgIpc) is 2.77. The number of nitrogens with one attached hydrogen (secondary N) is 4. The number of benzene rings is 2. The smallest absolute Gasteiger partial charge is 0.341 e. The molecule has 170 valence electrons. The molecular formula is C22H27N5O5. The second kappa shape index (κ2) is 12.1. The molecule has 2 aromatic rings. The van der Waals surface area contributed by atoms with Crippen molar-refractivity contribution in [1.82, 2.24) is 16.0 Å². The number of rotatable bonds is 12. The van der Waals surface area contributed by atoms with Crippen molar-refractivity contribution < 1.29 is 24.2 Å². The molecule has 0 aromatic heterocycles. The predicted octanol–water partition coefficient (Wildman–Crippen LogP) is 0.345. The first-order valence-electron chi connectivity index (χ1n) is 9.89. The lowest BCUT2D eigenvalue weighted by Gasteiger charge is -2.15. The van der Waals surface area contributed by atoms with Crippen LogP contribution in [0.4, 0.5) is 0 Å². The van der Waals surface area contributed by atoms with Gasteiger partial charge < -0.3 is 31.5 Å². The van der Waals surface area contributed by atoms with Gasteiger partial charge in [-0.1, -0.05) is 36.4 Å². The molecule has 2 rings (SSSR count). The molecule has 0 aliphatic carbocycles. The normalized spacial score (nSPS) is 11.3. The molecule has 7 N–H and O–H groups in total. The van der Waals surface area contributed by atoms with Crippen molar-refractivity contribution in [2.24, 2.45) is 5.73 Å². The first-order valence-corrected chi connectivity index (χ1v) is 9.89. The van der Waals surface area contributed by atoms with Gasteiger partial charge in [-0.3, -0.25) is 15.0 Å². The lowest BCUT2D eigenvalue weighted by Crippen LogP contribution is -2.47. The molecule has 0 heterocycles. The number of carbonyl (C=O) groups is 3. The summed E-state index contributed by atoms with van der Waals surface area (Å²) in [4.78, 5) is 34.8. The van der Waals surface area contributed by atoms with Crippen LogP contribution in [0.3, 0.4) is 0 Å². The minimum atomic E-state index is -1.05. The Labute approximate surface area is 185 Å². The van der Waals surface area contributed by atoms with Crippen LogP contribution in [0.25, 0.3) is 0 Å². The molecule has 0 saturated carbocycles. The number of carbonyl (C=O) groups excluding carboxylic acids is 2. The molecule has 0 aliphatic heterocycles. The highest BCUT2D eigenvalue weighted by Crippen LogP contribution is 2.11. The third kappa shape index (κ3) is 8.44. The molecule has 0 fully saturated rings. The van der Waals surface area contributed by atoms with Crippen molar-refractivity contribution >= 4 is 23.6 Å². The van der Waals surface area contributed by atoms with Gasteiger partial charge in [-0.25, -0.2) is 4.79 Å². The molecule has 0 bridgehead atoms. The van der Waals surface area contributed by atoms with E-state index >= 15 is 0 Å². The van der Waals surface area contributed by atoms with E-state index in [1.54, 1.807) is 55.5 Å². The van der Waals surface area contributed by atoms with Crippen LogP contribution in [0.1, 0.15) is 23.6 Å². The number of amidine groups is 1. The molecule has 32 heavy (non-hydrogen) atoms. The topological polar surface area (TPSA) is 167 Å². The monoisotopic (exact) mass is 441 g/mol. The van der Waals surface area contributed by atoms with Crippen molar-refractivity contribution in [1.29, 1.82) is 5.41 Å². The number of ether oxygens (including phenoxy) is 1. The molecule has 1 unspecified atom stereocenters. The van der Waals surface area contributed by atoms with E-state index in [1.807, 2.05) is 0 Å². The molecule has 0 spiro atoms. The number of carboxylic acids is 1. The van der Waals surface area contributed by atoms with E-state index in [1.165, 1.54) is 0 Å². The fourth-order valence-electron chi connectivity index (χ4n) is 2.67. The zero-order chi connectivity index (χ0) is 23.5. The van der Waals surface area contributed by atoms with Crippen molar-refractivity contribution in [3.8, 4) is 5.75 Å². The van der Waals surface area contributed by atoms with Gasteiger partial charge in [0, 0.05) is 18.7 Å². The van der Waals surface area contributed by atoms with E-state index in [0.717, 1.165) is 11.1 Å². The van der Waals surface area contributed by atoms with Crippen LogP contribution in [0, 0.1) is 5.41 Å². The lowest BCUT2D eigenvalue weighted by atomic mass is 10.1. The van der Waals surface area contributed by atoms with Gasteiger partial charge in [-0.2, -0.15) is 0 Å². The maximum absolute atomic E-state index is 12.2. The van der Waals surface area contributed by atoms with E-state index < -0.39 is 18.6 Å². The standard InChI is InChI=1S/C22H27N5O5/c1-14(22(31)26-11-16-2-6-17(7-3-16)21(23)24)27-19(28)12-25-10-15-4-8-18(9-5-15)32-13-20(29)30/h2-9,14,25H,10-13H2,1H3,(H3,23,24)(H,26,31)(H,27,28)(H,29,30). The van der Waals surface area contributed by atoms with E-state index in [4.69, 9.17) is 21.0 Å². The third-order valence-corrected chi connectivity index (χ3v) is 4.40. The van der Waals surface area contributed by atoms with Crippen molar-refractivity contribution in [2.45, 2.75) is 26.1 Å². The lowest BCUT2D eigenvalue weighted by molar-refractivity contribution is -0.139. The van der Waals surface area contributed by atoms with Gasteiger partial charge in [0.15, 0.2) is 6.61 Å². The van der Waals surface area contributed by atoms with Crippen molar-refractivity contribution in [3.63, 3.8) is 0 Å². The maximum Gasteiger partial charge on any atom is 0.341 e. The summed E-state index contributed by atoms with van der Waals surface area (Å²) in [6.45, 7) is 1.93. The number of carboxylic acid groups (broad SMARTS) is 1. The minimum absolute atomic E-state index is 0.0210. The van der Waals surface area contributed by atoms with E-state index in [-0.39, 0.29) is 24.2 Å². The molecule has 10 nitrogen and oxygen atoms in total. The zero-order valence-electron chi connectivity index (χ0n) is 17.7. The Kier molecular flexibility index (Phi) is 9.18. The van der Waals surface area contributed by atoms with Crippen LogP contribution < -0.4 is 26.4 Å². The molecule has 0 radical (unpaired) electrons. The van der Waals surface area contributed by atoms with Crippen LogP contribution in [-0.2, 0) is 27.5 Å². The number of hydrogen-bond donors (Lipinski definition) is 6. The van der Waals surface area contributed by atoms with Gasteiger partial charge in [0.2, 0.25) is 11.8 Å². The summed E-state index contributed by atoms with van der Waals surface area (Å²) in [5.41, 5.74) is 7.76. The molecule has 2 aromatic carbocycles. The minimum Gasteiger partial charge on any atom is -0.482 e. The Bertz CT molecular complexity index is 944. The summed E-state index contributed by atoms with van der Waals surface area (Å²) in [6, 6.07) is 13.1. The largest absolute Gasteiger partial charge is 0.482 e. The number of hydrogen-bond acceptors (Lipinski definition) is 6. The van der Waals surface area contributed by atoms with Gasteiger partial charge in [-0.15, -0.1) is 0 Å². The Morgan fingerprint density at radius 2 is 1.62 bits per heavy atom. The van der Waals surface area contributed by atoms with E-state index in [2.05, 4.69) is 16.0 Å². The zero-order valence-corrected chi connectivity index (χ0v) is 17.7. The second-order valence-electron chi connectivity index (χ2n) is 7.05. The number of nitrogen functional groups attached to an aromatic ring is 1. The summed E-state index contributed by atoms with van der Waals surface area (Å²) in [5.74, 6) is -1.25. The van der Waals surface area contributed by atoms with Gasteiger partial charge >= 0.3 is 5.97 Å². The molecular weight excluding hydrogens is 414 g/mol. The SMILES string of the molecule is CC(NC(=O)CNCc1ccc(OCC(=O)O)cc1)C(=O)NCc1ccc(C(=N)N)cc1. The van der Waals surface area contributed by atoms with E-state index in [9.17, 15) is 14.4 Å². The molecule has 0 saturated heterocycles. The predicted molar refractivity (Wildman–Crippen MR) is 118 cm³/mol. The maximum atomic E-state index is 12.2. The summed E-state index contributed by atoms with van der Waals surface area (Å²) >= 11 is 0. The first-order chi connectivity index (χ1) is 15.2. The molecule has 10 heteroatoms. The van der Waals surface area contributed by atoms with Crippen LogP contribution in [0.2, 0.25) is 0 Å². The highest BCUT2D eigenvalue weighted by Gasteiger charge is 2.15. The Morgan fingerprint density at radius 3 is 2.22 bits per heavy atom. The van der Waals surface area contributed by atoms with E-state index in [0.29, 0.717) is 24.4 Å². The van der Waals surface area contributed by atoms with Crippen LogP contribution in [0.5, 0.6) is 5.75 Å². The molecule has 0 aliphatic rings. The number of nitrogens with two attached hydrogens (primary N) is 1. The molecule has 1 atom stereocenters. The quantitative estimate of drug-likeness (QED) is 0.204. The molecule has 2 amide bonds. The fraction of sp³-hybridized carbons (Fsp3) is 0.273. The number of amides is 2. The third-order valence-electron chi connectivity index (χ3n) is 4.40. The van der Waals surface area contributed by atoms with Gasteiger partial charge in [-0.05, 0) is 30.2 Å². The fourth-order valence-corrected chi connectivity index (χ4v) is 2.67. The van der Waals surface area contributed by atoms with Crippen LogP contribution >= 0.6 is 0 Å². The van der Waals surface area contributed by atoms with Gasteiger partial charge in [0.1, 0.15) is 17.6 Å². The first kappa shape index (κ1) is 24.4. The van der Waals surface area contributed by atoms with Crippen LogP contribution in [-0.4, -0.2) is 47.9 Å². The van der Waals surface area contributed by atoms with Gasteiger partial charge in [0.25, 0.3) is 0 Å². The Balaban J connectivity index is 1.67. The van der Waals surface area contributed by atoms with Crippen molar-refractivity contribution in [2.75, 3.05) is 13.2 Å². The summed E-state index contributed by atoms with van der Waals surface area (Å²) in [5, 5.41) is 24.3. The average molecular weight is 441 g/mol. The highest BCUT2D eigenvalue weighted by molar-refractivity contribution is 5.94. The van der Waals surface area contributed by atoms with Gasteiger partial charge in [0.05, 0.1) is 6.54 Å². The second-order valence-corrected chi connectivity index (χ2v) is 7.05. The van der Waals surface area contributed by atoms with Crippen molar-refractivity contribution in [3.05, 3.63) is 65.2 Å². The Morgan fingerprint density at radius 1 is 1.03 bits per heavy atom. The highest BCUT2D eigenvalue weighted by atomic mass is 16.5. The summed E-state index contributed by atoms with van der Waals surface area (Å²) in [6.07, 6.45) is 0. The number of aliphatic carboxylic acids is 1. The Hall–Kier alpha value is -3.92. The van der Waals surface area contributed by atoms with Crippen LogP contribution in [0.15, 0.2) is 48.5 Å².